The van der Waals surface area contributed by atoms with Crippen LogP contribution in [0.1, 0.15) is 21.7 Å². The molecule has 0 saturated carbocycles. The molecule has 8 heteroatoms. The normalized spacial score (nSPS) is 11.0. The van der Waals surface area contributed by atoms with Crippen molar-refractivity contribution in [2.45, 2.75) is 0 Å². The minimum Gasteiger partial charge on any atom is -0.360 e. The van der Waals surface area contributed by atoms with E-state index in [1.807, 2.05) is 6.07 Å². The first-order valence-corrected chi connectivity index (χ1v) is 7.19. The fourth-order valence-electron chi connectivity index (χ4n) is 2.14. The molecule has 0 aliphatic carbocycles. The predicted molar refractivity (Wildman–Crippen MR) is 87.7 cm³/mol. The number of benzene rings is 2. The highest BCUT2D eigenvalue weighted by molar-refractivity contribution is 6.12. The standard InChI is InChI=1S/C17H11FN6O/c18-13-7-5-11(6-8-13)16(25)14-3-1-2-4-15(14)20-10-12(9-19)17-21-23-24-22-17/h1-8,10,20H,(H,21,22,23,24). The van der Waals surface area contributed by atoms with Crippen molar-refractivity contribution < 1.29 is 9.18 Å². The van der Waals surface area contributed by atoms with Crippen LogP contribution < -0.4 is 5.32 Å². The smallest absolute Gasteiger partial charge is 0.216 e. The molecule has 0 fully saturated rings. The van der Waals surface area contributed by atoms with E-state index < -0.39 is 5.82 Å². The van der Waals surface area contributed by atoms with E-state index >= 15 is 0 Å². The summed E-state index contributed by atoms with van der Waals surface area (Å²) < 4.78 is 13.0. The van der Waals surface area contributed by atoms with E-state index in [4.69, 9.17) is 0 Å². The first-order chi connectivity index (χ1) is 12.2. The van der Waals surface area contributed by atoms with Gasteiger partial charge < -0.3 is 5.32 Å². The fraction of sp³-hybridized carbons (Fsp3) is 0. The van der Waals surface area contributed by atoms with E-state index in [-0.39, 0.29) is 17.2 Å². The molecule has 0 aliphatic heterocycles. The molecule has 0 amide bonds. The molecule has 7 nitrogen and oxygen atoms in total. The van der Waals surface area contributed by atoms with Gasteiger partial charge in [-0.05, 0) is 41.6 Å². The molecule has 1 aromatic heterocycles. The number of rotatable bonds is 5. The van der Waals surface area contributed by atoms with E-state index in [2.05, 4.69) is 25.9 Å². The number of nitrogens with one attached hydrogen (secondary N) is 2. The molecule has 0 unspecified atom stereocenters. The summed E-state index contributed by atoms with van der Waals surface area (Å²) in [5.74, 6) is -0.545. The number of ketones is 1. The minimum atomic E-state index is -0.412. The van der Waals surface area contributed by atoms with Gasteiger partial charge in [-0.2, -0.15) is 10.5 Å². The van der Waals surface area contributed by atoms with Crippen LogP contribution in [-0.4, -0.2) is 26.4 Å². The van der Waals surface area contributed by atoms with Crippen molar-refractivity contribution >= 4 is 17.0 Å². The Morgan fingerprint density at radius 2 is 1.96 bits per heavy atom. The van der Waals surface area contributed by atoms with Crippen LogP contribution in [0.15, 0.2) is 54.7 Å². The molecule has 25 heavy (non-hydrogen) atoms. The van der Waals surface area contributed by atoms with Gasteiger partial charge in [-0.3, -0.25) is 4.79 Å². The zero-order chi connectivity index (χ0) is 17.6. The van der Waals surface area contributed by atoms with E-state index in [9.17, 15) is 14.4 Å². The summed E-state index contributed by atoms with van der Waals surface area (Å²) >= 11 is 0. The highest BCUT2D eigenvalue weighted by Gasteiger charge is 2.13. The molecule has 3 aromatic rings. The van der Waals surface area contributed by atoms with Crippen LogP contribution in [-0.2, 0) is 0 Å². The highest BCUT2D eigenvalue weighted by atomic mass is 19.1. The number of hydrogen-bond donors (Lipinski definition) is 2. The largest absolute Gasteiger partial charge is 0.360 e. The number of halogens is 1. The third-order valence-electron chi connectivity index (χ3n) is 3.36. The Balaban J connectivity index is 1.90. The lowest BCUT2D eigenvalue weighted by atomic mass is 10.0. The predicted octanol–water partition coefficient (Wildman–Crippen LogP) is 2.55. The topological polar surface area (TPSA) is 107 Å². The number of aromatic nitrogens is 4. The first kappa shape index (κ1) is 16.0. The molecule has 2 aromatic carbocycles. The van der Waals surface area contributed by atoms with Crippen LogP contribution in [0, 0.1) is 17.1 Å². The molecule has 0 radical (unpaired) electrons. The summed E-state index contributed by atoms with van der Waals surface area (Å²) in [6.07, 6.45) is 1.39. The van der Waals surface area contributed by atoms with Gasteiger partial charge in [-0.25, -0.2) is 4.39 Å². The van der Waals surface area contributed by atoms with Crippen molar-refractivity contribution in [3.63, 3.8) is 0 Å². The Labute approximate surface area is 141 Å². The van der Waals surface area contributed by atoms with Crippen LogP contribution in [0.2, 0.25) is 0 Å². The van der Waals surface area contributed by atoms with Crippen molar-refractivity contribution in [1.82, 2.24) is 20.6 Å². The second-order valence-corrected chi connectivity index (χ2v) is 4.93. The molecule has 0 saturated heterocycles. The van der Waals surface area contributed by atoms with E-state index in [0.717, 1.165) is 0 Å². The van der Waals surface area contributed by atoms with Gasteiger partial charge in [0.15, 0.2) is 5.78 Å². The van der Waals surface area contributed by atoms with Gasteiger partial charge in [-0.1, -0.05) is 12.1 Å². The first-order valence-electron chi connectivity index (χ1n) is 7.19. The Morgan fingerprint density at radius 1 is 1.20 bits per heavy atom. The lowest BCUT2D eigenvalue weighted by Crippen LogP contribution is -2.05. The molecule has 3 rings (SSSR count). The maximum atomic E-state index is 13.0. The zero-order valence-corrected chi connectivity index (χ0v) is 12.8. The lowest BCUT2D eigenvalue weighted by Gasteiger charge is -2.08. The van der Waals surface area contributed by atoms with Crippen molar-refractivity contribution in [3.05, 3.63) is 77.5 Å². The quantitative estimate of drug-likeness (QED) is 0.548. The van der Waals surface area contributed by atoms with E-state index in [1.54, 1.807) is 24.3 Å². The SMILES string of the molecule is N#CC(=CNc1ccccc1C(=O)c1ccc(F)cc1)c1nn[nH]n1. The monoisotopic (exact) mass is 334 g/mol. The van der Waals surface area contributed by atoms with Crippen LogP contribution >= 0.6 is 0 Å². The molecule has 0 atom stereocenters. The molecule has 0 aliphatic rings. The number of carbonyl (C=O) groups is 1. The maximum absolute atomic E-state index is 13.0. The summed E-state index contributed by atoms with van der Waals surface area (Å²) in [5.41, 5.74) is 1.39. The molecule has 0 bridgehead atoms. The van der Waals surface area contributed by atoms with Crippen LogP contribution in [0.5, 0.6) is 0 Å². The van der Waals surface area contributed by atoms with Crippen LogP contribution in [0.4, 0.5) is 10.1 Å². The van der Waals surface area contributed by atoms with Crippen LogP contribution in [0.25, 0.3) is 5.57 Å². The molecular formula is C17H11FN6O. The van der Waals surface area contributed by atoms with Gasteiger partial charge in [0.1, 0.15) is 17.5 Å². The fourth-order valence-corrected chi connectivity index (χ4v) is 2.14. The number of nitrogens with zero attached hydrogens (tertiary/aromatic N) is 4. The number of tetrazole rings is 1. The number of anilines is 1. The molecule has 2 N–H and O–H groups in total. The minimum absolute atomic E-state index is 0.136. The second-order valence-electron chi connectivity index (χ2n) is 4.93. The van der Waals surface area contributed by atoms with Crippen molar-refractivity contribution in [3.8, 4) is 6.07 Å². The molecule has 1 heterocycles. The van der Waals surface area contributed by atoms with Gasteiger partial charge in [-0.15, -0.1) is 10.2 Å². The van der Waals surface area contributed by atoms with E-state index in [1.165, 1.54) is 30.5 Å². The molecular weight excluding hydrogens is 323 g/mol. The van der Waals surface area contributed by atoms with Gasteiger partial charge >= 0.3 is 0 Å². The summed E-state index contributed by atoms with van der Waals surface area (Å²) in [7, 11) is 0. The van der Waals surface area contributed by atoms with Crippen LogP contribution in [0.3, 0.4) is 0 Å². The number of hydrogen-bond acceptors (Lipinski definition) is 6. The van der Waals surface area contributed by atoms with Gasteiger partial charge in [0.05, 0.1) is 0 Å². The summed E-state index contributed by atoms with van der Waals surface area (Å²) in [6, 6.07) is 14.0. The molecule has 122 valence electrons. The van der Waals surface area contributed by atoms with Crippen molar-refractivity contribution in [2.75, 3.05) is 5.32 Å². The third-order valence-corrected chi connectivity index (χ3v) is 3.36. The number of carbonyl (C=O) groups excluding carboxylic acids is 1. The maximum Gasteiger partial charge on any atom is 0.216 e. The van der Waals surface area contributed by atoms with Gasteiger partial charge in [0.2, 0.25) is 5.82 Å². The lowest BCUT2D eigenvalue weighted by molar-refractivity contribution is 0.103. The zero-order valence-electron chi connectivity index (χ0n) is 12.8. The van der Waals surface area contributed by atoms with Gasteiger partial charge in [0, 0.05) is 23.0 Å². The summed E-state index contributed by atoms with van der Waals surface area (Å²) in [4.78, 5) is 12.6. The number of H-pyrrole nitrogens is 1. The highest BCUT2D eigenvalue weighted by Crippen LogP contribution is 2.20. The number of aromatic amines is 1. The molecule has 0 spiro atoms. The number of allylic oxidation sites excluding steroid dienone is 1. The average Bonchev–Trinajstić information content (AvgIpc) is 3.17. The second kappa shape index (κ2) is 7.14. The number of nitriles is 1. The number of para-hydroxylation sites is 1. The Hall–Kier alpha value is -3.86. The van der Waals surface area contributed by atoms with Gasteiger partial charge in [0.25, 0.3) is 0 Å². The van der Waals surface area contributed by atoms with Crippen molar-refractivity contribution in [1.29, 1.82) is 5.26 Å². The third kappa shape index (κ3) is 3.56. The summed E-state index contributed by atoms with van der Waals surface area (Å²) in [5, 5.41) is 25.2. The van der Waals surface area contributed by atoms with Crippen molar-refractivity contribution in [2.24, 2.45) is 0 Å². The van der Waals surface area contributed by atoms with E-state index in [0.29, 0.717) is 16.8 Å². The average molecular weight is 334 g/mol. The Kier molecular flexibility index (Phi) is 4.58. The Morgan fingerprint density at radius 3 is 2.64 bits per heavy atom. The summed E-state index contributed by atoms with van der Waals surface area (Å²) in [6.45, 7) is 0. The Bertz CT molecular complexity index is 958.